The fourth-order valence-corrected chi connectivity index (χ4v) is 15.7. The molecule has 3 fully saturated rings. The molecule has 2 saturated heterocycles. The van der Waals surface area contributed by atoms with Gasteiger partial charge in [0.2, 0.25) is 23.6 Å². The number of fused-ring (bicyclic) bond motifs is 4. The summed E-state index contributed by atoms with van der Waals surface area (Å²) in [4.78, 5) is 166. The van der Waals surface area contributed by atoms with Crippen molar-refractivity contribution in [1.29, 1.82) is 0 Å². The number of hydrogen-bond acceptors (Lipinski definition) is 32. The number of methoxy groups -OCH3 is 1. The van der Waals surface area contributed by atoms with Crippen LogP contribution in [0.2, 0.25) is 0 Å². The Labute approximate surface area is 690 Å². The predicted octanol–water partition coefficient (Wildman–Crippen LogP) is 3.88. The van der Waals surface area contributed by atoms with E-state index in [1.54, 1.807) is 69.5 Å². The highest BCUT2D eigenvalue weighted by Gasteiger charge is 2.51. The molecule has 3 aliphatic heterocycles. The van der Waals surface area contributed by atoms with Gasteiger partial charge in [0, 0.05) is 94.6 Å². The Bertz CT molecular complexity index is 4360. The van der Waals surface area contributed by atoms with Crippen molar-refractivity contribution in [1.82, 2.24) is 49.9 Å². The van der Waals surface area contributed by atoms with E-state index in [-0.39, 0.29) is 118 Å². The van der Waals surface area contributed by atoms with Gasteiger partial charge in [0.15, 0.2) is 29.0 Å². The summed E-state index contributed by atoms with van der Waals surface area (Å²) in [5.41, 5.74) is 0.287. The van der Waals surface area contributed by atoms with E-state index in [4.69, 9.17) is 82.0 Å². The molecule has 1 aliphatic carbocycles. The van der Waals surface area contributed by atoms with Crippen LogP contribution in [0.1, 0.15) is 92.6 Å². The van der Waals surface area contributed by atoms with E-state index in [9.17, 15) is 62.5 Å². The minimum Gasteiger partial charge on any atom is -0.474 e. The molecule has 2 bridgehead atoms. The number of benzene rings is 2. The molecule has 9 rings (SSSR count). The van der Waals surface area contributed by atoms with Crippen molar-refractivity contribution >= 4 is 108 Å². The van der Waals surface area contributed by atoms with Crippen LogP contribution in [0.25, 0.3) is 11.2 Å². The number of aromatic amines is 1. The van der Waals surface area contributed by atoms with Crippen LogP contribution in [0.15, 0.2) is 90.4 Å². The Morgan fingerprint density at radius 3 is 2.01 bits per heavy atom. The lowest BCUT2D eigenvalue weighted by molar-refractivity contribution is -0.141. The fourth-order valence-electron chi connectivity index (χ4n) is 12.7. The summed E-state index contributed by atoms with van der Waals surface area (Å²) in [6, 6.07) is 12.1. The minimum absolute atomic E-state index is 0.0189. The van der Waals surface area contributed by atoms with E-state index in [0.717, 1.165) is 18.5 Å². The lowest BCUT2D eigenvalue weighted by Crippen LogP contribution is -2.49. The number of nitrogens with one attached hydrogen (secondary N) is 4. The number of Topliss-reactive ketones (excluding diaryl/α,β-unsaturated/α-hetero) is 3. The number of anilines is 1. The smallest absolute Gasteiger partial charge is 0.410 e. The van der Waals surface area contributed by atoms with Crippen molar-refractivity contribution in [2.45, 2.75) is 128 Å². The molecule has 43 heteroatoms. The van der Waals surface area contributed by atoms with Gasteiger partial charge in [-0.2, -0.15) is 4.98 Å². The number of amides is 6. The van der Waals surface area contributed by atoms with E-state index < -0.39 is 147 Å². The first-order valence-electron chi connectivity index (χ1n) is 38.3. The fraction of sp³-hybridized carbons (Fsp3) is 0.573. The summed E-state index contributed by atoms with van der Waals surface area (Å²) in [6.45, 7) is 0.181. The molecule has 2 aromatic carbocycles. The number of aromatic nitrogens is 6. The second-order valence-corrected chi connectivity index (χ2v) is 33.8. The van der Waals surface area contributed by atoms with Gasteiger partial charge in [-0.25, -0.2) is 24.3 Å². The number of imidazole rings is 1. The molecular formula is C75H101N11O28P2S2. The predicted molar refractivity (Wildman–Crippen MR) is 423 cm³/mol. The molecule has 6 N–H and O–H groups in total. The molecule has 646 valence electrons. The summed E-state index contributed by atoms with van der Waals surface area (Å²) in [5, 5.41) is 19.5. The number of carbonyl (C=O) groups excluding carboxylic acids is 9. The van der Waals surface area contributed by atoms with Crippen LogP contribution in [-0.2, 0) is 135 Å². The second-order valence-electron chi connectivity index (χ2n) is 28.1. The van der Waals surface area contributed by atoms with Crippen LogP contribution < -0.4 is 26.2 Å². The molecule has 6 amide bonds. The number of nitrogens with zero attached hydrogens (tertiary/aromatic N) is 7. The highest BCUT2D eigenvalue weighted by Crippen LogP contribution is 2.59. The first-order valence-corrected chi connectivity index (χ1v) is 43.6. The van der Waals surface area contributed by atoms with E-state index in [0.29, 0.717) is 101 Å². The average Bonchev–Trinajstić information content (AvgIpc) is 1.61. The second kappa shape index (κ2) is 47.2. The molecule has 118 heavy (non-hydrogen) atoms. The molecule has 4 aliphatic rings. The maximum Gasteiger partial charge on any atom is 0.410 e. The highest BCUT2D eigenvalue weighted by atomic mass is 32.7. The number of rotatable bonds is 48. The highest BCUT2D eigenvalue weighted by molar-refractivity contribution is 8.44. The Balaban J connectivity index is 0.699. The summed E-state index contributed by atoms with van der Waals surface area (Å²) < 4.78 is 99.7. The Morgan fingerprint density at radius 2 is 1.38 bits per heavy atom. The molecule has 0 spiro atoms. The number of imide groups is 1. The minimum atomic E-state index is -4.40. The van der Waals surface area contributed by atoms with Gasteiger partial charge in [-0.3, -0.25) is 67.4 Å². The zero-order chi connectivity index (χ0) is 84.7. The number of thiol groups is 1. The molecule has 12 atom stereocenters. The van der Waals surface area contributed by atoms with E-state index in [2.05, 4.69) is 53.1 Å². The lowest BCUT2D eigenvalue weighted by atomic mass is 9.86. The van der Waals surface area contributed by atoms with Crippen molar-refractivity contribution in [2.75, 3.05) is 138 Å². The van der Waals surface area contributed by atoms with Crippen LogP contribution in [0.4, 0.5) is 10.7 Å². The number of ether oxygens (including phenoxy) is 11. The standard InChI is InChI=1S/C75H101N11O28P2S2/c1-47(2)56(39-59(89)57(80-62(90)41-85-64(91)16-17-65(85)92)15-14-53(87)19-21-101-24-25-103-28-29-105-32-33-107-35-34-106-31-30-104-27-26-102-23-22-100-5)71(95)79-48(3)58(88)36-49-10-12-50(13-11-49)42-108-75(97)84(4)40-51-8-6-7-9-55(51)70(94)82-74-81-69-66(72(96)83-74)78-46-86(69)73-68-67(93)61(112-73)44-110-115(98,117)113-60-38-54(111-63-18-20-76-45-77-63)37-52(60)43-109-116(99,118)114-68/h6-13,16-18,20,45-48,52,54,56-57,60-61,67-68,73,93H,14-15,19,21-44H2,1-5H3,(H,79,95)(H,80,90)(H,98,117)(H,99,118)(H2,81,82,83,94,96)/t48-,52+,54+,56-,57-,60-,61+,67+,68+,73+,115?,116?/m0/s1. The Kier molecular flexibility index (Phi) is 37.5. The van der Waals surface area contributed by atoms with Crippen LogP contribution >= 0.6 is 25.8 Å². The van der Waals surface area contributed by atoms with E-state index in [1.807, 2.05) is 0 Å². The van der Waals surface area contributed by atoms with E-state index in [1.165, 1.54) is 42.0 Å². The molecule has 2 unspecified atom stereocenters. The van der Waals surface area contributed by atoms with Gasteiger partial charge in [0.25, 0.3) is 23.3 Å². The van der Waals surface area contributed by atoms with Gasteiger partial charge in [0.1, 0.15) is 49.7 Å². The first kappa shape index (κ1) is 93.7. The van der Waals surface area contributed by atoms with Gasteiger partial charge in [-0.1, -0.05) is 68.6 Å². The summed E-state index contributed by atoms with van der Waals surface area (Å²) in [6.07, 6.45) is -2.50. The molecule has 0 radical (unpaired) electrons. The van der Waals surface area contributed by atoms with Crippen molar-refractivity contribution in [3.05, 3.63) is 118 Å². The third-order valence-electron chi connectivity index (χ3n) is 19.0. The van der Waals surface area contributed by atoms with Gasteiger partial charge < -0.3 is 91.2 Å². The van der Waals surface area contributed by atoms with Crippen LogP contribution in [0, 0.1) is 17.8 Å². The molecule has 5 aromatic rings. The number of aliphatic hydroxyl groups excluding tert-OH is 1. The number of carbonyl (C=O) groups is 9. The van der Waals surface area contributed by atoms with Crippen LogP contribution in [0.5, 0.6) is 5.88 Å². The SMILES string of the molecule is COCCOCCOCCOCCOCCOCCOCCOCCC(=O)CC[C@H](NC(=O)CN1C(=O)C=CC1=O)C(=O)C[C@H](C(=O)N[C@@H](C)C(=O)Cc1ccc(COC(=O)N(C)Cc2ccccc2C(=O)Nc2nc3c(ncn3[C@@H]3O[C@@H]4COP(O)(=S)O[C@H]5C[C@H](Oc6ccncn6)C[C@@H]5COP(=O)(S)O[C@@H]3[C@@H]4O)c(=O)[nH]2)cc1)C(C)C. The average molecular weight is 1730 g/mol. The van der Waals surface area contributed by atoms with Crippen LogP contribution in [-0.4, -0.2) is 278 Å². The first-order chi connectivity index (χ1) is 56.6. The molecule has 3 aromatic heterocycles. The maximum atomic E-state index is 14.1. The number of aliphatic hydroxyl groups is 1. The van der Waals surface area contributed by atoms with E-state index >= 15 is 0 Å². The van der Waals surface area contributed by atoms with Crippen molar-refractivity contribution < 1.29 is 128 Å². The number of H-pyrrole nitrogens is 1. The largest absolute Gasteiger partial charge is 0.474 e. The zero-order valence-electron chi connectivity index (χ0n) is 65.9. The monoisotopic (exact) mass is 1730 g/mol. The topological polar surface area (TPSA) is 482 Å². The molecule has 1 saturated carbocycles. The third kappa shape index (κ3) is 29.6. The Hall–Kier alpha value is -8.13. The Morgan fingerprint density at radius 1 is 0.754 bits per heavy atom. The van der Waals surface area contributed by atoms with Gasteiger partial charge in [-0.15, -0.1) is 0 Å². The third-order valence-corrected chi connectivity index (χ3v) is 22.2. The number of ketones is 3. The maximum absolute atomic E-state index is 14.1. The van der Waals surface area contributed by atoms with Gasteiger partial charge in [0.05, 0.1) is 137 Å². The summed E-state index contributed by atoms with van der Waals surface area (Å²) >= 11 is 9.63. The number of hydrogen-bond donors (Lipinski definition) is 7. The summed E-state index contributed by atoms with van der Waals surface area (Å²) in [5.74, 6) is -7.01. The van der Waals surface area contributed by atoms with Gasteiger partial charge >= 0.3 is 19.6 Å². The van der Waals surface area contributed by atoms with Crippen molar-refractivity contribution in [3.8, 4) is 5.88 Å². The molecule has 39 nitrogen and oxygen atoms in total. The van der Waals surface area contributed by atoms with Gasteiger partial charge in [-0.05, 0) is 60.2 Å². The van der Waals surface area contributed by atoms with Crippen molar-refractivity contribution in [2.24, 2.45) is 17.8 Å². The molecule has 6 heterocycles. The molecular weight excluding hydrogens is 1630 g/mol. The lowest BCUT2D eigenvalue weighted by Gasteiger charge is -2.27. The summed E-state index contributed by atoms with van der Waals surface area (Å²) in [7, 11) is 3.06. The zero-order valence-corrected chi connectivity index (χ0v) is 69.4. The quantitative estimate of drug-likeness (QED) is 0.0126. The normalized spacial score (nSPS) is 22.1. The van der Waals surface area contributed by atoms with Crippen molar-refractivity contribution in [3.63, 3.8) is 0 Å². The van der Waals surface area contributed by atoms with Crippen LogP contribution in [0.3, 0.4) is 0 Å².